The molecule has 0 spiro atoms. The first-order chi connectivity index (χ1) is 31.4. The van der Waals surface area contributed by atoms with Crippen LogP contribution in [0.3, 0.4) is 0 Å². The largest absolute Gasteiger partial charge is 0.492 e. The number of hydrogen-bond donors (Lipinski definition) is 5. The average Bonchev–Trinajstić information content (AvgIpc) is 3.54. The van der Waals surface area contributed by atoms with Gasteiger partial charge < -0.3 is 59.4 Å². The van der Waals surface area contributed by atoms with E-state index in [-0.39, 0.29) is 95.9 Å². The molecule has 0 aliphatic heterocycles. The third-order valence-electron chi connectivity index (χ3n) is 9.47. The third-order valence-corrected chi connectivity index (χ3v) is 9.47. The predicted octanol–water partition coefficient (Wildman–Crippen LogP) is 5.34. The molecule has 0 saturated heterocycles. The summed E-state index contributed by atoms with van der Waals surface area (Å²) in [6, 6.07) is 1.37. The van der Waals surface area contributed by atoms with E-state index in [4.69, 9.17) is 33.3 Å². The summed E-state index contributed by atoms with van der Waals surface area (Å²) in [4.78, 5) is 78.4. The molecule has 19 heteroatoms. The molecule has 0 aliphatic rings. The number of rotatable bonds is 39. The Balaban J connectivity index is 2.06. The van der Waals surface area contributed by atoms with E-state index in [1.807, 2.05) is 20.8 Å². The monoisotopic (exact) mass is 943 g/mol. The molecule has 0 aliphatic carbocycles. The molecule has 0 fully saturated rings. The maximum atomic E-state index is 12.9. The highest BCUT2D eigenvalue weighted by Crippen LogP contribution is 2.19. The van der Waals surface area contributed by atoms with Crippen molar-refractivity contribution in [3.8, 4) is 11.8 Å². The zero-order chi connectivity index (χ0) is 49.1. The summed E-state index contributed by atoms with van der Waals surface area (Å²) in [6.07, 6.45) is 16.5. The van der Waals surface area contributed by atoms with Crippen LogP contribution in [-0.4, -0.2) is 134 Å². The van der Waals surface area contributed by atoms with E-state index in [1.54, 1.807) is 20.8 Å². The zero-order valence-electron chi connectivity index (χ0n) is 40.7. The lowest BCUT2D eigenvalue weighted by Crippen LogP contribution is -2.44. The van der Waals surface area contributed by atoms with E-state index >= 15 is 0 Å². The lowest BCUT2D eigenvalue weighted by molar-refractivity contribution is -0.159. The Labute approximate surface area is 391 Å². The quantitative estimate of drug-likeness (QED) is 0.0413. The number of aromatic hydroxyl groups is 2. The van der Waals surface area contributed by atoms with Crippen molar-refractivity contribution in [3.63, 3.8) is 0 Å². The summed E-state index contributed by atoms with van der Waals surface area (Å²) in [7, 11) is 0. The number of amides is 3. The second-order valence-electron chi connectivity index (χ2n) is 18.1. The molecule has 19 nitrogen and oxygen atoms in total. The highest BCUT2D eigenvalue weighted by atomic mass is 16.7. The number of carbonyl (C=O) groups excluding carboxylic acids is 6. The Kier molecular flexibility index (Phi) is 32.2. The molecule has 1 aromatic rings. The van der Waals surface area contributed by atoms with Crippen molar-refractivity contribution in [3.05, 3.63) is 12.1 Å². The van der Waals surface area contributed by atoms with Gasteiger partial charge in [0.05, 0.1) is 39.6 Å². The average molecular weight is 943 g/mol. The maximum absolute atomic E-state index is 12.9. The van der Waals surface area contributed by atoms with Gasteiger partial charge in [-0.2, -0.15) is 0 Å². The Bertz CT molecular complexity index is 1500. The Morgan fingerprint density at radius 2 is 0.955 bits per heavy atom. The molecule has 3 amide bonds. The highest BCUT2D eigenvalue weighted by molar-refractivity contribution is 5.85. The molecule has 0 aromatic carbocycles. The van der Waals surface area contributed by atoms with Gasteiger partial charge in [-0.25, -0.2) is 9.59 Å². The van der Waals surface area contributed by atoms with E-state index in [0.29, 0.717) is 17.6 Å². The number of carbonyl (C=O) groups is 6. The number of nitrogens with zero attached hydrogens (tertiary/aromatic N) is 1. The van der Waals surface area contributed by atoms with Crippen LogP contribution in [0.25, 0.3) is 0 Å². The second-order valence-corrected chi connectivity index (χ2v) is 18.1. The minimum atomic E-state index is -0.944. The van der Waals surface area contributed by atoms with Gasteiger partial charge in [0.15, 0.2) is 0 Å². The van der Waals surface area contributed by atoms with Crippen LogP contribution in [0.5, 0.6) is 11.8 Å². The summed E-state index contributed by atoms with van der Waals surface area (Å²) >= 11 is 0. The van der Waals surface area contributed by atoms with Crippen LogP contribution in [0.1, 0.15) is 157 Å². The predicted molar refractivity (Wildman–Crippen MR) is 245 cm³/mol. The summed E-state index contributed by atoms with van der Waals surface area (Å²) in [5, 5.41) is 27.1. The van der Waals surface area contributed by atoms with E-state index in [2.05, 4.69) is 16.0 Å². The first-order valence-corrected chi connectivity index (χ1v) is 23.8. The first-order valence-electron chi connectivity index (χ1n) is 23.8. The van der Waals surface area contributed by atoms with Crippen molar-refractivity contribution in [1.29, 1.82) is 0 Å². The summed E-state index contributed by atoms with van der Waals surface area (Å²) in [6.45, 7) is 11.7. The lowest BCUT2D eigenvalue weighted by atomic mass is 10.0. The van der Waals surface area contributed by atoms with Crippen LogP contribution in [0.2, 0.25) is 0 Å². The normalized spacial score (nSPS) is 12.0. The molecule has 0 radical (unpaired) electrons. The van der Waals surface area contributed by atoms with Crippen LogP contribution >= 0.6 is 0 Å². The molecule has 66 heavy (non-hydrogen) atoms. The molecule has 380 valence electrons. The molecule has 1 atom stereocenters. The van der Waals surface area contributed by atoms with Crippen molar-refractivity contribution in [1.82, 2.24) is 20.7 Å². The molecule has 0 saturated carbocycles. The van der Waals surface area contributed by atoms with Gasteiger partial charge in [0.2, 0.25) is 29.5 Å². The fraction of sp³-hybridized carbons (Fsp3) is 0.787. The number of nitrogens with one attached hydrogen (secondary N) is 3. The van der Waals surface area contributed by atoms with Crippen molar-refractivity contribution < 1.29 is 72.2 Å². The highest BCUT2D eigenvalue weighted by Gasteiger charge is 2.27. The van der Waals surface area contributed by atoms with Crippen molar-refractivity contribution in [2.45, 2.75) is 174 Å². The molecule has 1 rings (SSSR count). The van der Waals surface area contributed by atoms with Gasteiger partial charge in [0.1, 0.15) is 30.5 Å². The maximum Gasteiger partial charge on any atom is 0.358 e. The Morgan fingerprint density at radius 3 is 1.45 bits per heavy atom. The second kappa shape index (κ2) is 35.7. The summed E-state index contributed by atoms with van der Waals surface area (Å²) in [5.74, 6) is -3.29. The fourth-order valence-corrected chi connectivity index (χ4v) is 6.28. The number of hydrogen-bond acceptors (Lipinski definition) is 15. The zero-order valence-corrected chi connectivity index (χ0v) is 40.7. The smallest absolute Gasteiger partial charge is 0.358 e. The van der Waals surface area contributed by atoms with Crippen LogP contribution in [-0.2, 0) is 57.2 Å². The van der Waals surface area contributed by atoms with E-state index in [9.17, 15) is 39.0 Å². The van der Waals surface area contributed by atoms with Gasteiger partial charge in [-0.3, -0.25) is 19.2 Å². The van der Waals surface area contributed by atoms with E-state index in [1.165, 1.54) is 44.9 Å². The number of esters is 2. The summed E-state index contributed by atoms with van der Waals surface area (Å²) < 4.78 is 32.6. The lowest BCUT2D eigenvalue weighted by Gasteiger charge is -2.24. The van der Waals surface area contributed by atoms with Crippen molar-refractivity contribution in [2.24, 2.45) is 0 Å². The minimum absolute atomic E-state index is 0.00384. The van der Waals surface area contributed by atoms with Crippen LogP contribution in [0, 0.1) is 0 Å². The molecule has 1 heterocycles. The van der Waals surface area contributed by atoms with Gasteiger partial charge in [0, 0.05) is 44.5 Å². The summed E-state index contributed by atoms with van der Waals surface area (Å²) in [5.41, 5.74) is -1.16. The van der Waals surface area contributed by atoms with Crippen molar-refractivity contribution >= 4 is 35.6 Å². The van der Waals surface area contributed by atoms with Gasteiger partial charge in [-0.15, -0.1) is 4.73 Å². The molecule has 1 aromatic heterocycles. The SMILES string of the molecule is CC(C)(C)OC(=O)CCCCCCCCCCCCCCCCC(=O)NC(CCC(=O)NCCOCCOCC(=O)NCCOCCOCC(=O)On1c(O)ccc1O)C(=O)OC(C)(C)C. The van der Waals surface area contributed by atoms with Gasteiger partial charge in [-0.1, -0.05) is 77.0 Å². The molecule has 1 unspecified atom stereocenters. The first kappa shape index (κ1) is 59.6. The standard InChI is InChI=1S/C47H82N4O15/c1-46(2,3)64-43(57)22-20-18-16-14-12-10-8-7-9-11-13-15-17-19-21-39(53)50-37(45(59)65-47(4,5)6)23-24-38(52)48-27-29-60-31-33-62-35-40(54)49-28-30-61-32-34-63-36-44(58)66-51-41(55)25-26-42(51)56/h25-26,37,55-56H,7-24,27-36H2,1-6H3,(H,48,52)(H,49,54)(H,50,53). The Morgan fingerprint density at radius 1 is 0.515 bits per heavy atom. The molecular weight excluding hydrogens is 861 g/mol. The minimum Gasteiger partial charge on any atom is -0.492 e. The Hall–Kier alpha value is -4.46. The molecule has 5 N–H and O–H groups in total. The topological polar surface area (TPSA) is 249 Å². The third kappa shape index (κ3) is 34.8. The van der Waals surface area contributed by atoms with E-state index < -0.39 is 47.5 Å². The number of unbranched alkanes of at least 4 members (excludes halogenated alkanes) is 13. The number of ether oxygens (including phenoxy) is 6. The van der Waals surface area contributed by atoms with E-state index in [0.717, 1.165) is 57.1 Å². The van der Waals surface area contributed by atoms with Crippen molar-refractivity contribution in [2.75, 3.05) is 65.9 Å². The van der Waals surface area contributed by atoms with Gasteiger partial charge in [-0.05, 0) is 60.8 Å². The molecular formula is C47H82N4O15. The van der Waals surface area contributed by atoms with Gasteiger partial charge >= 0.3 is 17.9 Å². The fourth-order valence-electron chi connectivity index (χ4n) is 6.28. The van der Waals surface area contributed by atoms with Crippen LogP contribution in [0.4, 0.5) is 0 Å². The van der Waals surface area contributed by atoms with Crippen LogP contribution in [0.15, 0.2) is 12.1 Å². The van der Waals surface area contributed by atoms with Gasteiger partial charge in [0.25, 0.3) is 0 Å². The molecule has 0 bridgehead atoms. The number of aromatic nitrogens is 1. The van der Waals surface area contributed by atoms with Crippen LogP contribution < -0.4 is 20.8 Å².